The SMILES string of the molecule is C[C@H]1c2c(Cl)cc(Cl)cc2CCN1C(=O)C1CN(c2cncc3nc(N)oc23)CCS1. The Labute approximate surface area is 193 Å². The van der Waals surface area contributed by atoms with Gasteiger partial charge in [0.25, 0.3) is 6.01 Å². The fraction of sp³-hybridized carbons (Fsp3) is 0.381. The van der Waals surface area contributed by atoms with Crippen LogP contribution in [0.4, 0.5) is 11.7 Å². The molecule has 2 aliphatic heterocycles. The third-order valence-electron chi connectivity index (χ3n) is 5.95. The summed E-state index contributed by atoms with van der Waals surface area (Å²) in [4.78, 5) is 26.0. The van der Waals surface area contributed by atoms with Gasteiger partial charge in [0.2, 0.25) is 5.91 Å². The Bertz CT molecular complexity index is 1170. The maximum atomic E-state index is 13.5. The molecule has 0 aliphatic carbocycles. The number of thioether (sulfide) groups is 1. The fourth-order valence-corrected chi connectivity index (χ4v) is 6.36. The molecular weight excluding hydrogens is 457 g/mol. The van der Waals surface area contributed by atoms with E-state index in [-0.39, 0.29) is 23.2 Å². The van der Waals surface area contributed by atoms with Crippen LogP contribution in [0, 0.1) is 0 Å². The Kier molecular flexibility index (Phi) is 5.40. The van der Waals surface area contributed by atoms with Crippen LogP contribution in [0.3, 0.4) is 0 Å². The fourth-order valence-electron chi connectivity index (χ4n) is 4.49. The van der Waals surface area contributed by atoms with Gasteiger partial charge in [0.15, 0.2) is 5.58 Å². The molecule has 1 unspecified atom stereocenters. The van der Waals surface area contributed by atoms with Gasteiger partial charge >= 0.3 is 0 Å². The molecule has 7 nitrogen and oxygen atoms in total. The third kappa shape index (κ3) is 3.70. The number of carbonyl (C=O) groups is 1. The van der Waals surface area contributed by atoms with Gasteiger partial charge in [-0.1, -0.05) is 23.2 Å². The number of oxazole rings is 1. The number of pyridine rings is 1. The van der Waals surface area contributed by atoms with Crippen LogP contribution in [-0.2, 0) is 11.2 Å². The molecule has 2 aromatic heterocycles. The lowest BCUT2D eigenvalue weighted by Crippen LogP contribution is -2.49. The van der Waals surface area contributed by atoms with Crippen molar-refractivity contribution in [3.05, 3.63) is 45.7 Å². The third-order valence-corrected chi connectivity index (χ3v) is 7.65. The number of aromatic nitrogens is 2. The van der Waals surface area contributed by atoms with Crippen molar-refractivity contribution in [2.75, 3.05) is 36.0 Å². The second-order valence-electron chi connectivity index (χ2n) is 7.78. The number of hydrogen-bond acceptors (Lipinski definition) is 7. The van der Waals surface area contributed by atoms with E-state index in [9.17, 15) is 4.79 Å². The molecule has 0 saturated carbocycles. The molecule has 1 amide bonds. The van der Waals surface area contributed by atoms with Crippen LogP contribution < -0.4 is 10.6 Å². The average Bonchev–Trinajstić information content (AvgIpc) is 3.13. The van der Waals surface area contributed by atoms with Gasteiger partial charge in [-0.3, -0.25) is 9.78 Å². The lowest BCUT2D eigenvalue weighted by atomic mass is 9.93. The van der Waals surface area contributed by atoms with E-state index in [1.165, 1.54) is 0 Å². The van der Waals surface area contributed by atoms with Crippen molar-refractivity contribution in [3.63, 3.8) is 0 Å². The standard InChI is InChI=1S/C21H21Cl2N5O2S/c1-11-18-12(6-13(22)7-14(18)23)2-3-28(11)20(29)17-10-27(4-5-31-17)16-9-25-8-15-19(16)30-21(24)26-15/h6-9,11,17H,2-5,10H2,1H3,(H2,24,26)/t11-,17?/m0/s1. The number of anilines is 2. The highest BCUT2D eigenvalue weighted by atomic mass is 35.5. The first-order valence-corrected chi connectivity index (χ1v) is 11.9. The predicted octanol–water partition coefficient (Wildman–Crippen LogP) is 4.18. The molecule has 2 N–H and O–H groups in total. The summed E-state index contributed by atoms with van der Waals surface area (Å²) >= 11 is 14.3. The highest BCUT2D eigenvalue weighted by molar-refractivity contribution is 8.00. The first-order chi connectivity index (χ1) is 14.9. The minimum atomic E-state index is -0.195. The lowest BCUT2D eigenvalue weighted by Gasteiger charge is -2.40. The van der Waals surface area contributed by atoms with E-state index in [0.29, 0.717) is 34.2 Å². The van der Waals surface area contributed by atoms with Crippen LogP contribution in [0.2, 0.25) is 10.0 Å². The largest absolute Gasteiger partial charge is 0.421 e. The van der Waals surface area contributed by atoms with E-state index in [0.717, 1.165) is 35.5 Å². The van der Waals surface area contributed by atoms with Gasteiger partial charge in [-0.15, -0.1) is 11.8 Å². The number of halogens is 2. The zero-order chi connectivity index (χ0) is 21.7. The van der Waals surface area contributed by atoms with Gasteiger partial charge in [-0.05, 0) is 36.6 Å². The van der Waals surface area contributed by atoms with Crippen LogP contribution in [0.1, 0.15) is 24.1 Å². The zero-order valence-electron chi connectivity index (χ0n) is 16.8. The second kappa shape index (κ2) is 8.07. The molecule has 31 heavy (non-hydrogen) atoms. The van der Waals surface area contributed by atoms with Crippen LogP contribution >= 0.6 is 35.0 Å². The Morgan fingerprint density at radius 1 is 1.29 bits per heavy atom. The number of benzene rings is 1. The van der Waals surface area contributed by atoms with Crippen LogP contribution in [0.15, 0.2) is 28.9 Å². The molecule has 2 atom stereocenters. The van der Waals surface area contributed by atoms with Crippen molar-refractivity contribution >= 4 is 63.7 Å². The van der Waals surface area contributed by atoms with Gasteiger partial charge in [-0.25, -0.2) is 0 Å². The van der Waals surface area contributed by atoms with Crippen molar-refractivity contribution in [1.29, 1.82) is 0 Å². The number of nitrogen functional groups attached to an aromatic ring is 1. The predicted molar refractivity (Wildman–Crippen MR) is 125 cm³/mol. The van der Waals surface area contributed by atoms with Gasteiger partial charge in [0.05, 0.1) is 18.4 Å². The summed E-state index contributed by atoms with van der Waals surface area (Å²) in [7, 11) is 0. The molecule has 4 heterocycles. The summed E-state index contributed by atoms with van der Waals surface area (Å²) in [6.07, 6.45) is 4.12. The Morgan fingerprint density at radius 2 is 2.13 bits per heavy atom. The highest BCUT2D eigenvalue weighted by Crippen LogP contribution is 2.38. The Hall–Kier alpha value is -2.16. The minimum Gasteiger partial charge on any atom is -0.421 e. The summed E-state index contributed by atoms with van der Waals surface area (Å²) < 4.78 is 5.60. The van der Waals surface area contributed by atoms with Gasteiger partial charge in [0, 0.05) is 35.4 Å². The summed E-state index contributed by atoms with van der Waals surface area (Å²) in [6.45, 7) is 4.04. The van der Waals surface area contributed by atoms with E-state index in [1.54, 1.807) is 30.2 Å². The molecule has 3 aromatic rings. The van der Waals surface area contributed by atoms with Crippen molar-refractivity contribution in [2.45, 2.75) is 24.6 Å². The summed E-state index contributed by atoms with van der Waals surface area (Å²) in [5.74, 6) is 0.946. The normalized spacial score (nSPS) is 21.4. The average molecular weight is 478 g/mol. The molecule has 5 rings (SSSR count). The van der Waals surface area contributed by atoms with E-state index in [1.807, 2.05) is 17.9 Å². The van der Waals surface area contributed by atoms with E-state index < -0.39 is 0 Å². The van der Waals surface area contributed by atoms with Gasteiger partial charge in [0.1, 0.15) is 16.5 Å². The molecule has 0 spiro atoms. The summed E-state index contributed by atoms with van der Waals surface area (Å²) in [5.41, 5.74) is 9.88. The summed E-state index contributed by atoms with van der Waals surface area (Å²) in [5, 5.41) is 1.05. The number of fused-ring (bicyclic) bond motifs is 2. The topological polar surface area (TPSA) is 88.5 Å². The van der Waals surface area contributed by atoms with E-state index >= 15 is 0 Å². The van der Waals surface area contributed by atoms with Crippen LogP contribution in [-0.4, -0.2) is 51.4 Å². The van der Waals surface area contributed by atoms with Crippen molar-refractivity contribution in [1.82, 2.24) is 14.9 Å². The molecule has 1 fully saturated rings. The Balaban J connectivity index is 1.38. The number of amides is 1. The van der Waals surface area contributed by atoms with Crippen LogP contribution in [0.25, 0.3) is 11.1 Å². The lowest BCUT2D eigenvalue weighted by molar-refractivity contribution is -0.133. The first-order valence-electron chi connectivity index (χ1n) is 10.1. The number of nitrogens with zero attached hydrogens (tertiary/aromatic N) is 4. The number of carbonyl (C=O) groups excluding carboxylic acids is 1. The smallest absolute Gasteiger partial charge is 0.293 e. The number of hydrogen-bond donors (Lipinski definition) is 1. The molecule has 2 aliphatic rings. The molecule has 0 bridgehead atoms. The number of nitrogens with two attached hydrogens (primary N) is 1. The molecule has 162 valence electrons. The maximum Gasteiger partial charge on any atom is 0.293 e. The van der Waals surface area contributed by atoms with Crippen molar-refractivity contribution in [2.24, 2.45) is 0 Å². The molecular formula is C21H21Cl2N5O2S. The van der Waals surface area contributed by atoms with Crippen molar-refractivity contribution < 1.29 is 9.21 Å². The quantitative estimate of drug-likeness (QED) is 0.591. The van der Waals surface area contributed by atoms with Gasteiger partial charge < -0.3 is 20.0 Å². The van der Waals surface area contributed by atoms with Gasteiger partial charge in [-0.2, -0.15) is 4.98 Å². The molecule has 0 radical (unpaired) electrons. The second-order valence-corrected chi connectivity index (χ2v) is 9.94. The maximum absolute atomic E-state index is 13.5. The van der Waals surface area contributed by atoms with E-state index in [4.69, 9.17) is 33.4 Å². The minimum absolute atomic E-state index is 0.101. The molecule has 1 aromatic carbocycles. The monoisotopic (exact) mass is 477 g/mol. The summed E-state index contributed by atoms with van der Waals surface area (Å²) in [6, 6.07) is 3.71. The zero-order valence-corrected chi connectivity index (χ0v) is 19.2. The Morgan fingerprint density at radius 3 is 2.97 bits per heavy atom. The van der Waals surface area contributed by atoms with Crippen LogP contribution in [0.5, 0.6) is 0 Å². The molecule has 10 heteroatoms. The first kappa shape index (κ1) is 20.7. The van der Waals surface area contributed by atoms with Crippen molar-refractivity contribution in [3.8, 4) is 0 Å². The van der Waals surface area contributed by atoms with E-state index in [2.05, 4.69) is 14.9 Å². The number of rotatable bonds is 2. The highest BCUT2D eigenvalue weighted by Gasteiger charge is 2.36. The molecule has 1 saturated heterocycles.